The standard InChI is InChI=1S/C30H38N4O5/c31-23(18-21-10-3-1-4-11-21)20-27(35)32-24(19-22-12-5-2-6-13-22)28(36)33-17-9-15-25(33)29(37)34-16-8-7-14-26(34)30(38)39/h1-6,10-13,23-26H,7-9,14-20,31H2,(H,32,35)(H,38,39)/t23-,24-,25-,26-/m0/s1. The van der Waals surface area contributed by atoms with Gasteiger partial charge >= 0.3 is 5.97 Å². The maximum absolute atomic E-state index is 13.9. The Morgan fingerprint density at radius 1 is 0.821 bits per heavy atom. The molecule has 2 aromatic carbocycles. The monoisotopic (exact) mass is 534 g/mol. The Labute approximate surface area is 229 Å². The van der Waals surface area contributed by atoms with E-state index in [1.54, 1.807) is 0 Å². The van der Waals surface area contributed by atoms with Crippen LogP contribution in [-0.4, -0.2) is 75.9 Å². The number of likely N-dealkylation sites (tertiary alicyclic amines) is 2. The number of nitrogens with zero attached hydrogens (tertiary/aromatic N) is 2. The summed E-state index contributed by atoms with van der Waals surface area (Å²) in [4.78, 5) is 55.2. The Morgan fingerprint density at radius 2 is 1.41 bits per heavy atom. The molecule has 4 N–H and O–H groups in total. The summed E-state index contributed by atoms with van der Waals surface area (Å²) >= 11 is 0. The van der Waals surface area contributed by atoms with Crippen LogP contribution in [0.25, 0.3) is 0 Å². The second kappa shape index (κ2) is 13.4. The predicted molar refractivity (Wildman–Crippen MR) is 147 cm³/mol. The molecule has 0 unspecified atom stereocenters. The lowest BCUT2D eigenvalue weighted by atomic mass is 10.00. The fourth-order valence-corrected chi connectivity index (χ4v) is 5.66. The minimum Gasteiger partial charge on any atom is -0.480 e. The molecule has 3 amide bonds. The molecule has 4 rings (SSSR count). The van der Waals surface area contributed by atoms with Gasteiger partial charge in [0.05, 0.1) is 0 Å². The van der Waals surface area contributed by atoms with E-state index in [1.807, 2.05) is 60.7 Å². The number of rotatable bonds is 10. The first-order valence-corrected chi connectivity index (χ1v) is 13.8. The van der Waals surface area contributed by atoms with E-state index >= 15 is 0 Å². The Hall–Kier alpha value is -3.72. The van der Waals surface area contributed by atoms with Crippen LogP contribution in [0, 0.1) is 0 Å². The van der Waals surface area contributed by atoms with Crippen molar-refractivity contribution in [2.24, 2.45) is 5.73 Å². The molecule has 2 fully saturated rings. The molecule has 0 spiro atoms. The van der Waals surface area contributed by atoms with Gasteiger partial charge in [-0.2, -0.15) is 0 Å². The number of nitrogens with one attached hydrogen (secondary N) is 1. The molecule has 9 heteroatoms. The second-order valence-electron chi connectivity index (χ2n) is 10.5. The van der Waals surface area contributed by atoms with E-state index < -0.39 is 30.1 Å². The van der Waals surface area contributed by atoms with E-state index in [-0.39, 0.29) is 30.6 Å². The normalized spacial score (nSPS) is 20.7. The summed E-state index contributed by atoms with van der Waals surface area (Å²) in [5.74, 6) is -1.98. The summed E-state index contributed by atoms with van der Waals surface area (Å²) in [6.45, 7) is 0.757. The number of aliphatic carboxylic acids is 1. The van der Waals surface area contributed by atoms with E-state index in [4.69, 9.17) is 5.73 Å². The molecule has 4 atom stereocenters. The van der Waals surface area contributed by atoms with Crippen molar-refractivity contribution in [3.05, 3.63) is 71.8 Å². The van der Waals surface area contributed by atoms with Gasteiger partial charge in [0.2, 0.25) is 17.7 Å². The summed E-state index contributed by atoms with van der Waals surface area (Å²) in [6, 6.07) is 16.2. The fourth-order valence-electron chi connectivity index (χ4n) is 5.66. The quantitative estimate of drug-likeness (QED) is 0.428. The minimum absolute atomic E-state index is 0.0594. The van der Waals surface area contributed by atoms with Crippen LogP contribution in [0.15, 0.2) is 60.7 Å². The average molecular weight is 535 g/mol. The van der Waals surface area contributed by atoms with Gasteiger partial charge in [-0.05, 0) is 49.7 Å². The van der Waals surface area contributed by atoms with Crippen molar-refractivity contribution < 1.29 is 24.3 Å². The highest BCUT2D eigenvalue weighted by atomic mass is 16.4. The third-order valence-corrected chi connectivity index (χ3v) is 7.60. The van der Waals surface area contributed by atoms with Crippen LogP contribution < -0.4 is 11.1 Å². The van der Waals surface area contributed by atoms with E-state index in [0.717, 1.165) is 24.0 Å². The molecule has 0 bridgehead atoms. The first kappa shape index (κ1) is 28.3. The fraction of sp³-hybridized carbons (Fsp3) is 0.467. The van der Waals surface area contributed by atoms with Crippen LogP contribution >= 0.6 is 0 Å². The third-order valence-electron chi connectivity index (χ3n) is 7.60. The van der Waals surface area contributed by atoms with E-state index in [1.165, 1.54) is 9.80 Å². The number of hydrogen-bond donors (Lipinski definition) is 3. The molecule has 0 saturated carbocycles. The molecule has 2 aliphatic rings. The zero-order valence-corrected chi connectivity index (χ0v) is 22.2. The van der Waals surface area contributed by atoms with Gasteiger partial charge in [-0.15, -0.1) is 0 Å². The molecule has 2 heterocycles. The number of piperidine rings is 1. The highest BCUT2D eigenvalue weighted by Gasteiger charge is 2.42. The second-order valence-corrected chi connectivity index (χ2v) is 10.5. The van der Waals surface area contributed by atoms with Gasteiger partial charge < -0.3 is 26.0 Å². The van der Waals surface area contributed by atoms with Gasteiger partial charge in [0, 0.05) is 32.0 Å². The third kappa shape index (κ3) is 7.44. The van der Waals surface area contributed by atoms with Crippen molar-refractivity contribution in [2.75, 3.05) is 13.1 Å². The van der Waals surface area contributed by atoms with E-state index in [2.05, 4.69) is 5.32 Å². The Bertz CT molecular complexity index is 1140. The molecule has 0 aromatic heterocycles. The molecule has 0 aliphatic carbocycles. The maximum Gasteiger partial charge on any atom is 0.326 e. The summed E-state index contributed by atoms with van der Waals surface area (Å²) in [6.07, 6.45) is 3.90. The van der Waals surface area contributed by atoms with Crippen LogP contribution in [0.5, 0.6) is 0 Å². The topological polar surface area (TPSA) is 133 Å². The highest BCUT2D eigenvalue weighted by Crippen LogP contribution is 2.25. The van der Waals surface area contributed by atoms with Crippen LogP contribution in [0.1, 0.15) is 49.7 Å². The number of nitrogens with two attached hydrogens (primary N) is 1. The van der Waals surface area contributed by atoms with Crippen LogP contribution in [-0.2, 0) is 32.0 Å². The van der Waals surface area contributed by atoms with Crippen LogP contribution in [0.2, 0.25) is 0 Å². The van der Waals surface area contributed by atoms with Gasteiger partial charge in [0.15, 0.2) is 0 Å². The van der Waals surface area contributed by atoms with Crippen LogP contribution in [0.4, 0.5) is 0 Å². The highest BCUT2D eigenvalue weighted by molar-refractivity contribution is 5.94. The molecule has 39 heavy (non-hydrogen) atoms. The van der Waals surface area contributed by atoms with Crippen molar-refractivity contribution >= 4 is 23.7 Å². The number of carbonyl (C=O) groups excluding carboxylic acids is 3. The lowest BCUT2D eigenvalue weighted by Crippen LogP contribution is -2.58. The van der Waals surface area contributed by atoms with Crippen molar-refractivity contribution in [3.8, 4) is 0 Å². The summed E-state index contributed by atoms with van der Waals surface area (Å²) in [5, 5.41) is 12.6. The smallest absolute Gasteiger partial charge is 0.326 e. The van der Waals surface area contributed by atoms with E-state index in [9.17, 15) is 24.3 Å². The van der Waals surface area contributed by atoms with Crippen LogP contribution in [0.3, 0.4) is 0 Å². The largest absolute Gasteiger partial charge is 0.480 e. The molecule has 208 valence electrons. The summed E-state index contributed by atoms with van der Waals surface area (Å²) in [7, 11) is 0. The summed E-state index contributed by atoms with van der Waals surface area (Å²) in [5.41, 5.74) is 8.18. The maximum atomic E-state index is 13.9. The molecular weight excluding hydrogens is 496 g/mol. The van der Waals surface area contributed by atoms with Crippen molar-refractivity contribution in [3.63, 3.8) is 0 Å². The number of carboxylic acid groups (broad SMARTS) is 1. The summed E-state index contributed by atoms with van der Waals surface area (Å²) < 4.78 is 0. The Morgan fingerprint density at radius 3 is 2.05 bits per heavy atom. The van der Waals surface area contributed by atoms with Gasteiger partial charge in [-0.25, -0.2) is 4.79 Å². The van der Waals surface area contributed by atoms with Gasteiger partial charge in [-0.1, -0.05) is 60.7 Å². The number of benzene rings is 2. The minimum atomic E-state index is -1.01. The lowest BCUT2D eigenvalue weighted by molar-refractivity contribution is -0.156. The molecule has 2 aromatic rings. The number of carbonyl (C=O) groups is 4. The average Bonchev–Trinajstić information content (AvgIpc) is 3.43. The number of carboxylic acids is 1. The first-order chi connectivity index (χ1) is 18.8. The first-order valence-electron chi connectivity index (χ1n) is 13.8. The van der Waals surface area contributed by atoms with Crippen molar-refractivity contribution in [2.45, 2.75) is 75.5 Å². The molecular formula is C30H38N4O5. The number of amides is 3. The zero-order chi connectivity index (χ0) is 27.8. The molecule has 2 aliphatic heterocycles. The zero-order valence-electron chi connectivity index (χ0n) is 22.2. The van der Waals surface area contributed by atoms with Gasteiger partial charge in [0.25, 0.3) is 0 Å². The van der Waals surface area contributed by atoms with Crippen molar-refractivity contribution in [1.82, 2.24) is 15.1 Å². The molecule has 9 nitrogen and oxygen atoms in total. The Balaban J connectivity index is 1.47. The van der Waals surface area contributed by atoms with Crippen molar-refractivity contribution in [1.29, 1.82) is 0 Å². The van der Waals surface area contributed by atoms with E-state index in [0.29, 0.717) is 38.8 Å². The lowest BCUT2D eigenvalue weighted by Gasteiger charge is -2.37. The number of hydrogen-bond acceptors (Lipinski definition) is 5. The van der Waals surface area contributed by atoms with Gasteiger partial charge in [0.1, 0.15) is 18.1 Å². The molecule has 0 radical (unpaired) electrons. The molecule has 2 saturated heterocycles. The predicted octanol–water partition coefficient (Wildman–Crippen LogP) is 2.13. The Kier molecular flexibility index (Phi) is 9.70. The van der Waals surface area contributed by atoms with Gasteiger partial charge in [-0.3, -0.25) is 14.4 Å². The SMILES string of the molecule is N[C@H](CC(=O)N[C@@H](Cc1ccccc1)C(=O)N1CCC[C@H]1C(=O)N1CCCC[C@H]1C(=O)O)Cc1ccccc1.